The lowest BCUT2D eigenvalue weighted by Gasteiger charge is -2.36. The van der Waals surface area contributed by atoms with Crippen molar-refractivity contribution in [2.45, 2.75) is 38.6 Å². The van der Waals surface area contributed by atoms with Gasteiger partial charge < -0.3 is 15.0 Å². The van der Waals surface area contributed by atoms with Gasteiger partial charge in [0.05, 0.1) is 13.0 Å². The van der Waals surface area contributed by atoms with Crippen molar-refractivity contribution >= 4 is 11.6 Å². The van der Waals surface area contributed by atoms with Crippen LogP contribution in [0.5, 0.6) is 5.75 Å². The number of amides is 1. The molecule has 1 aliphatic rings. The van der Waals surface area contributed by atoms with E-state index in [0.717, 1.165) is 42.9 Å². The molecule has 26 heavy (non-hydrogen) atoms. The molecule has 0 saturated carbocycles. The Hall–Kier alpha value is -2.33. The van der Waals surface area contributed by atoms with E-state index < -0.39 is 0 Å². The average molecular weight is 352 g/mol. The second kappa shape index (κ2) is 8.37. The number of methoxy groups -OCH3 is 1. The predicted molar refractivity (Wildman–Crippen MR) is 106 cm³/mol. The smallest absolute Gasteiger partial charge is 0.234 e. The fraction of sp³-hybridized carbons (Fsp3) is 0.409. The molecule has 2 aromatic rings. The molecule has 1 atom stereocenters. The summed E-state index contributed by atoms with van der Waals surface area (Å²) in [6.07, 6.45) is 1.96. The highest BCUT2D eigenvalue weighted by molar-refractivity contribution is 5.98. The number of hydrogen-bond acceptors (Lipinski definition) is 3. The second-order valence-electron chi connectivity index (χ2n) is 7.02. The molecule has 138 valence electrons. The molecule has 1 saturated heterocycles. The molecule has 1 unspecified atom stereocenters. The zero-order chi connectivity index (χ0) is 18.5. The van der Waals surface area contributed by atoms with Crippen LogP contribution in [0.2, 0.25) is 0 Å². The number of rotatable bonds is 5. The maximum absolute atomic E-state index is 13.5. The van der Waals surface area contributed by atoms with Crippen LogP contribution >= 0.6 is 0 Å². The van der Waals surface area contributed by atoms with Gasteiger partial charge in [0.2, 0.25) is 5.91 Å². The molecular weight excluding hydrogens is 324 g/mol. The highest BCUT2D eigenvalue weighted by atomic mass is 16.5. The van der Waals surface area contributed by atoms with Gasteiger partial charge in [-0.05, 0) is 75.2 Å². The van der Waals surface area contributed by atoms with Crippen LogP contribution < -0.4 is 15.0 Å². The van der Waals surface area contributed by atoms with Gasteiger partial charge in [0.15, 0.2) is 0 Å². The van der Waals surface area contributed by atoms with E-state index in [9.17, 15) is 4.79 Å². The van der Waals surface area contributed by atoms with Crippen molar-refractivity contribution in [1.29, 1.82) is 0 Å². The first kappa shape index (κ1) is 18.5. The van der Waals surface area contributed by atoms with Crippen molar-refractivity contribution in [2.24, 2.45) is 0 Å². The van der Waals surface area contributed by atoms with E-state index >= 15 is 0 Å². The van der Waals surface area contributed by atoms with E-state index in [1.54, 1.807) is 7.11 Å². The summed E-state index contributed by atoms with van der Waals surface area (Å²) in [6, 6.07) is 16.3. The third-order valence-corrected chi connectivity index (χ3v) is 5.18. The van der Waals surface area contributed by atoms with Crippen LogP contribution in [-0.4, -0.2) is 32.1 Å². The van der Waals surface area contributed by atoms with Crippen molar-refractivity contribution in [3.05, 3.63) is 59.7 Å². The Morgan fingerprint density at radius 3 is 2.46 bits per heavy atom. The van der Waals surface area contributed by atoms with Crippen LogP contribution in [0.25, 0.3) is 0 Å². The fourth-order valence-corrected chi connectivity index (χ4v) is 3.60. The first-order chi connectivity index (χ1) is 12.6. The second-order valence-corrected chi connectivity index (χ2v) is 7.02. The predicted octanol–water partition coefficient (Wildman–Crippen LogP) is 3.89. The lowest BCUT2D eigenvalue weighted by atomic mass is 9.96. The lowest BCUT2D eigenvalue weighted by Crippen LogP contribution is -2.47. The van der Waals surface area contributed by atoms with Crippen LogP contribution in [-0.2, 0) is 4.79 Å². The molecule has 1 aliphatic heterocycles. The van der Waals surface area contributed by atoms with Crippen molar-refractivity contribution < 1.29 is 9.53 Å². The topological polar surface area (TPSA) is 41.6 Å². The van der Waals surface area contributed by atoms with E-state index in [1.807, 2.05) is 48.2 Å². The number of ether oxygens (including phenoxy) is 1. The van der Waals surface area contributed by atoms with Crippen molar-refractivity contribution in [3.63, 3.8) is 0 Å². The van der Waals surface area contributed by atoms with Gasteiger partial charge in [-0.3, -0.25) is 4.79 Å². The third kappa shape index (κ3) is 4.07. The summed E-state index contributed by atoms with van der Waals surface area (Å²) in [7, 11) is 1.65. The number of aryl methyl sites for hydroxylation is 1. The zero-order valence-corrected chi connectivity index (χ0v) is 15.9. The molecule has 4 nitrogen and oxygen atoms in total. The van der Waals surface area contributed by atoms with Crippen molar-refractivity contribution in [3.8, 4) is 5.75 Å². The van der Waals surface area contributed by atoms with Crippen LogP contribution in [0.3, 0.4) is 0 Å². The standard InChI is InChI=1S/C22H28N2O2/c1-16-5-4-6-20(15-16)24(19-11-13-23-14-12-19)22(25)17(2)18-7-9-21(26-3)10-8-18/h4-10,15,17,19,23H,11-14H2,1-3H3. The van der Waals surface area contributed by atoms with Crippen LogP contribution in [0, 0.1) is 6.92 Å². The molecule has 0 radical (unpaired) electrons. The van der Waals surface area contributed by atoms with E-state index in [-0.39, 0.29) is 17.9 Å². The van der Waals surface area contributed by atoms with Crippen molar-refractivity contribution in [1.82, 2.24) is 5.32 Å². The van der Waals surface area contributed by atoms with Gasteiger partial charge in [0.25, 0.3) is 0 Å². The largest absolute Gasteiger partial charge is 0.497 e. The average Bonchev–Trinajstić information content (AvgIpc) is 2.68. The normalized spacial score (nSPS) is 16.1. The summed E-state index contributed by atoms with van der Waals surface area (Å²) in [5.41, 5.74) is 3.19. The molecule has 2 aromatic carbocycles. The summed E-state index contributed by atoms with van der Waals surface area (Å²) < 4.78 is 5.23. The highest BCUT2D eigenvalue weighted by Crippen LogP contribution is 2.29. The highest BCUT2D eigenvalue weighted by Gasteiger charge is 2.30. The number of nitrogens with one attached hydrogen (secondary N) is 1. The van der Waals surface area contributed by atoms with Gasteiger partial charge in [0, 0.05) is 11.7 Å². The zero-order valence-electron chi connectivity index (χ0n) is 15.9. The van der Waals surface area contributed by atoms with Crippen LogP contribution in [0.1, 0.15) is 36.8 Å². The summed E-state index contributed by atoms with van der Waals surface area (Å²) in [5.74, 6) is 0.770. The Labute approximate surface area is 156 Å². The van der Waals surface area contributed by atoms with E-state index in [0.29, 0.717) is 0 Å². The third-order valence-electron chi connectivity index (χ3n) is 5.18. The number of carbonyl (C=O) groups excluding carboxylic acids is 1. The Morgan fingerprint density at radius 2 is 1.85 bits per heavy atom. The quantitative estimate of drug-likeness (QED) is 0.887. The number of piperidine rings is 1. The lowest BCUT2D eigenvalue weighted by molar-refractivity contribution is -0.120. The number of hydrogen-bond donors (Lipinski definition) is 1. The SMILES string of the molecule is COc1ccc(C(C)C(=O)N(c2cccc(C)c2)C2CCNCC2)cc1. The maximum atomic E-state index is 13.5. The van der Waals surface area contributed by atoms with Crippen LogP contribution in [0.15, 0.2) is 48.5 Å². The van der Waals surface area contributed by atoms with Gasteiger partial charge in [-0.25, -0.2) is 0 Å². The fourth-order valence-electron chi connectivity index (χ4n) is 3.60. The number of benzene rings is 2. The summed E-state index contributed by atoms with van der Waals surface area (Å²) in [4.78, 5) is 15.5. The molecule has 4 heteroatoms. The molecular formula is C22H28N2O2. The molecule has 1 heterocycles. The summed E-state index contributed by atoms with van der Waals surface area (Å²) >= 11 is 0. The molecule has 1 fully saturated rings. The maximum Gasteiger partial charge on any atom is 0.234 e. The minimum atomic E-state index is -0.198. The molecule has 0 spiro atoms. The number of carbonyl (C=O) groups is 1. The van der Waals surface area contributed by atoms with Crippen molar-refractivity contribution in [2.75, 3.05) is 25.1 Å². The Balaban J connectivity index is 1.90. The van der Waals surface area contributed by atoms with E-state index in [2.05, 4.69) is 24.4 Å². The first-order valence-electron chi connectivity index (χ1n) is 9.34. The van der Waals surface area contributed by atoms with Gasteiger partial charge in [0.1, 0.15) is 5.75 Å². The number of anilines is 1. The first-order valence-corrected chi connectivity index (χ1v) is 9.34. The Kier molecular flexibility index (Phi) is 5.94. The van der Waals surface area contributed by atoms with E-state index in [4.69, 9.17) is 4.74 Å². The van der Waals surface area contributed by atoms with E-state index in [1.165, 1.54) is 5.56 Å². The molecule has 0 bridgehead atoms. The minimum absolute atomic E-state index is 0.160. The minimum Gasteiger partial charge on any atom is -0.497 e. The summed E-state index contributed by atoms with van der Waals surface area (Å²) in [6.45, 7) is 5.98. The molecule has 0 aliphatic carbocycles. The molecule has 1 amide bonds. The molecule has 3 rings (SSSR count). The Morgan fingerprint density at radius 1 is 1.15 bits per heavy atom. The molecule has 0 aromatic heterocycles. The van der Waals surface area contributed by atoms with Gasteiger partial charge in [-0.15, -0.1) is 0 Å². The summed E-state index contributed by atoms with van der Waals surface area (Å²) in [5, 5.41) is 3.39. The number of nitrogens with zero attached hydrogens (tertiary/aromatic N) is 1. The van der Waals surface area contributed by atoms with Gasteiger partial charge >= 0.3 is 0 Å². The Bertz CT molecular complexity index is 736. The van der Waals surface area contributed by atoms with Gasteiger partial charge in [-0.1, -0.05) is 24.3 Å². The monoisotopic (exact) mass is 352 g/mol. The molecule has 1 N–H and O–H groups in total. The van der Waals surface area contributed by atoms with Gasteiger partial charge in [-0.2, -0.15) is 0 Å². The van der Waals surface area contributed by atoms with Crippen LogP contribution in [0.4, 0.5) is 5.69 Å².